The van der Waals surface area contributed by atoms with Crippen LogP contribution < -0.4 is 0 Å². The van der Waals surface area contributed by atoms with Gasteiger partial charge < -0.3 is 14.4 Å². The molecule has 0 radical (unpaired) electrons. The summed E-state index contributed by atoms with van der Waals surface area (Å²) < 4.78 is 10.9. The van der Waals surface area contributed by atoms with Crippen LogP contribution in [0.25, 0.3) is 0 Å². The topological polar surface area (TPSA) is 85.5 Å². The Balaban J connectivity index is 2.02. The molecule has 0 aliphatic heterocycles. The third kappa shape index (κ3) is 4.03. The van der Waals surface area contributed by atoms with Crippen molar-refractivity contribution in [2.45, 2.75) is 52.6 Å². The van der Waals surface area contributed by atoms with E-state index in [1.807, 2.05) is 20.8 Å². The van der Waals surface area contributed by atoms with E-state index in [2.05, 4.69) is 10.1 Å². The van der Waals surface area contributed by atoms with E-state index in [0.29, 0.717) is 30.7 Å². The third-order valence-corrected chi connectivity index (χ3v) is 3.39. The summed E-state index contributed by atoms with van der Waals surface area (Å²) in [6.45, 7) is 6.33. The highest BCUT2D eigenvalue weighted by molar-refractivity contribution is 5.67. The van der Waals surface area contributed by atoms with Crippen LogP contribution in [0.3, 0.4) is 0 Å². The first-order valence-electron chi connectivity index (χ1n) is 7.07. The number of ether oxygens (including phenoxy) is 1. The van der Waals surface area contributed by atoms with E-state index in [4.69, 9.17) is 14.4 Å². The van der Waals surface area contributed by atoms with Crippen LogP contribution in [-0.4, -0.2) is 27.8 Å². The van der Waals surface area contributed by atoms with Crippen LogP contribution in [0, 0.1) is 11.3 Å². The minimum absolute atomic E-state index is 0.0717. The first kappa shape index (κ1) is 15.0. The van der Waals surface area contributed by atoms with Crippen molar-refractivity contribution >= 4 is 5.97 Å². The lowest BCUT2D eigenvalue weighted by molar-refractivity contribution is -0.139. The molecule has 0 spiro atoms. The second kappa shape index (κ2) is 5.91. The Morgan fingerprint density at radius 1 is 1.55 bits per heavy atom. The molecule has 6 nitrogen and oxygen atoms in total. The standard InChI is InChI=1S/C14H22N2O4/c1-4-19-12(9-5-6-9)13-15-10(20-16-13)7-14(2,3)8-11(17)18/h9,12H,4-8H2,1-3H3,(H,17,18). The van der Waals surface area contributed by atoms with Crippen molar-refractivity contribution in [3.63, 3.8) is 0 Å². The zero-order chi connectivity index (χ0) is 14.8. The van der Waals surface area contributed by atoms with Crippen molar-refractivity contribution in [2.24, 2.45) is 11.3 Å². The lowest BCUT2D eigenvalue weighted by Crippen LogP contribution is -2.20. The summed E-state index contributed by atoms with van der Waals surface area (Å²) in [6.07, 6.45) is 2.72. The summed E-state index contributed by atoms with van der Waals surface area (Å²) in [4.78, 5) is 15.2. The number of hydrogen-bond donors (Lipinski definition) is 1. The van der Waals surface area contributed by atoms with Crippen molar-refractivity contribution in [3.05, 3.63) is 11.7 Å². The van der Waals surface area contributed by atoms with Gasteiger partial charge in [-0.2, -0.15) is 4.98 Å². The molecule has 1 aromatic heterocycles. The lowest BCUT2D eigenvalue weighted by atomic mass is 9.86. The Morgan fingerprint density at radius 2 is 2.25 bits per heavy atom. The fraction of sp³-hybridized carbons (Fsp3) is 0.786. The summed E-state index contributed by atoms with van der Waals surface area (Å²) >= 11 is 0. The quantitative estimate of drug-likeness (QED) is 0.788. The maximum absolute atomic E-state index is 10.8. The van der Waals surface area contributed by atoms with Gasteiger partial charge in [-0.05, 0) is 31.1 Å². The van der Waals surface area contributed by atoms with Crippen molar-refractivity contribution in [3.8, 4) is 0 Å². The van der Waals surface area contributed by atoms with Crippen LogP contribution in [-0.2, 0) is 16.0 Å². The maximum Gasteiger partial charge on any atom is 0.303 e. The molecule has 1 atom stereocenters. The van der Waals surface area contributed by atoms with Crippen LogP contribution in [0.4, 0.5) is 0 Å². The van der Waals surface area contributed by atoms with Crippen molar-refractivity contribution in [2.75, 3.05) is 6.61 Å². The SMILES string of the molecule is CCOC(c1noc(CC(C)(C)CC(=O)O)n1)C1CC1. The van der Waals surface area contributed by atoms with Crippen LogP contribution in [0.2, 0.25) is 0 Å². The average molecular weight is 282 g/mol. The normalized spacial score (nSPS) is 17.1. The Morgan fingerprint density at radius 3 is 2.80 bits per heavy atom. The van der Waals surface area contributed by atoms with Crippen LogP contribution in [0.5, 0.6) is 0 Å². The molecule has 0 amide bonds. The minimum atomic E-state index is -0.820. The monoisotopic (exact) mass is 282 g/mol. The van der Waals surface area contributed by atoms with Gasteiger partial charge in [0, 0.05) is 13.0 Å². The van der Waals surface area contributed by atoms with E-state index in [1.54, 1.807) is 0 Å². The number of aromatic nitrogens is 2. The summed E-state index contributed by atoms with van der Waals surface area (Å²) in [7, 11) is 0. The summed E-state index contributed by atoms with van der Waals surface area (Å²) in [5.41, 5.74) is -0.406. The molecule has 1 aromatic rings. The molecular weight excluding hydrogens is 260 g/mol. The average Bonchev–Trinajstić information content (AvgIpc) is 3.05. The molecule has 0 aromatic carbocycles. The van der Waals surface area contributed by atoms with Gasteiger partial charge in [0.1, 0.15) is 6.10 Å². The third-order valence-electron chi connectivity index (χ3n) is 3.39. The Hall–Kier alpha value is -1.43. The molecule has 1 unspecified atom stereocenters. The smallest absolute Gasteiger partial charge is 0.303 e. The van der Waals surface area contributed by atoms with Gasteiger partial charge in [-0.25, -0.2) is 0 Å². The van der Waals surface area contributed by atoms with Gasteiger partial charge in [0.05, 0.1) is 6.42 Å². The Bertz CT molecular complexity index is 465. The molecule has 0 bridgehead atoms. The Labute approximate surface area is 118 Å². The molecule has 6 heteroatoms. The van der Waals surface area contributed by atoms with E-state index in [9.17, 15) is 4.79 Å². The number of carboxylic acid groups (broad SMARTS) is 1. The number of hydrogen-bond acceptors (Lipinski definition) is 5. The molecule has 112 valence electrons. The highest BCUT2D eigenvalue weighted by Crippen LogP contribution is 2.42. The van der Waals surface area contributed by atoms with E-state index in [0.717, 1.165) is 12.8 Å². The molecule has 0 saturated heterocycles. The first-order chi connectivity index (χ1) is 9.41. The molecule has 1 heterocycles. The molecular formula is C14H22N2O4. The van der Waals surface area contributed by atoms with E-state index >= 15 is 0 Å². The lowest BCUT2D eigenvalue weighted by Gasteiger charge is -2.19. The van der Waals surface area contributed by atoms with Gasteiger partial charge in [0.2, 0.25) is 11.7 Å². The van der Waals surface area contributed by atoms with Gasteiger partial charge in [0.25, 0.3) is 0 Å². The maximum atomic E-state index is 10.8. The molecule has 1 fully saturated rings. The van der Waals surface area contributed by atoms with E-state index < -0.39 is 11.4 Å². The zero-order valence-corrected chi connectivity index (χ0v) is 12.3. The molecule has 1 aliphatic rings. The number of aliphatic carboxylic acids is 1. The van der Waals surface area contributed by atoms with E-state index in [-0.39, 0.29) is 12.5 Å². The summed E-state index contributed by atoms with van der Waals surface area (Å²) in [6, 6.07) is 0. The van der Waals surface area contributed by atoms with Gasteiger partial charge in [-0.1, -0.05) is 19.0 Å². The Kier molecular flexibility index (Phi) is 4.42. The second-order valence-electron chi connectivity index (χ2n) is 6.17. The summed E-state index contributed by atoms with van der Waals surface area (Å²) in [5.74, 6) is 0.749. The zero-order valence-electron chi connectivity index (χ0n) is 12.3. The second-order valence-corrected chi connectivity index (χ2v) is 6.17. The highest BCUT2D eigenvalue weighted by Gasteiger charge is 2.36. The van der Waals surface area contributed by atoms with E-state index in [1.165, 1.54) is 0 Å². The van der Waals surface area contributed by atoms with Crippen molar-refractivity contribution < 1.29 is 19.2 Å². The predicted octanol–water partition coefficient (Wildman–Crippen LogP) is 2.60. The molecule has 1 N–H and O–H groups in total. The van der Waals surface area contributed by atoms with Crippen molar-refractivity contribution in [1.82, 2.24) is 10.1 Å². The van der Waals surface area contributed by atoms with Gasteiger partial charge in [-0.3, -0.25) is 4.79 Å². The van der Waals surface area contributed by atoms with Crippen molar-refractivity contribution in [1.29, 1.82) is 0 Å². The van der Waals surface area contributed by atoms with Crippen LogP contribution in [0.15, 0.2) is 4.52 Å². The van der Waals surface area contributed by atoms with Crippen LogP contribution in [0.1, 0.15) is 57.9 Å². The first-order valence-corrected chi connectivity index (χ1v) is 7.07. The van der Waals surface area contributed by atoms with Gasteiger partial charge in [-0.15, -0.1) is 0 Å². The highest BCUT2D eigenvalue weighted by atomic mass is 16.5. The number of nitrogens with zero attached hydrogens (tertiary/aromatic N) is 2. The number of carbonyl (C=O) groups is 1. The van der Waals surface area contributed by atoms with Gasteiger partial charge in [0.15, 0.2) is 0 Å². The fourth-order valence-corrected chi connectivity index (χ4v) is 2.34. The minimum Gasteiger partial charge on any atom is -0.481 e. The van der Waals surface area contributed by atoms with Crippen LogP contribution >= 0.6 is 0 Å². The molecule has 1 saturated carbocycles. The number of carboxylic acids is 1. The number of rotatable bonds is 8. The molecule has 2 rings (SSSR count). The molecule has 20 heavy (non-hydrogen) atoms. The largest absolute Gasteiger partial charge is 0.481 e. The van der Waals surface area contributed by atoms with Gasteiger partial charge >= 0.3 is 5.97 Å². The molecule has 1 aliphatic carbocycles. The predicted molar refractivity (Wildman–Crippen MR) is 71.1 cm³/mol. The fourth-order valence-electron chi connectivity index (χ4n) is 2.34. The summed E-state index contributed by atoms with van der Waals surface area (Å²) in [5, 5.41) is 12.9.